The van der Waals surface area contributed by atoms with Crippen molar-refractivity contribution in [2.24, 2.45) is 17.8 Å². The molecule has 2 amide bonds. The minimum absolute atomic E-state index is 0.176. The minimum atomic E-state index is -1.12. The highest BCUT2D eigenvalue weighted by Crippen LogP contribution is 2.55. The van der Waals surface area contributed by atoms with Crippen molar-refractivity contribution in [3.8, 4) is 17.2 Å². The standard InChI is InChI=1S/C30H24N2O8/c1-15-4-10-19-21-14-20(16-5-7-17(38-2)8-6-16)25-27(26(21)30(35)40-24(19)12-15)29(34)31(28(25)33)22-11-9-18(39-3)13-23(22)32(36)37/h4-14,20,25-27H,1-3H3/t20-,25-,26-,27+/m0/s1. The molecule has 10 nitrogen and oxygen atoms in total. The van der Waals surface area contributed by atoms with Crippen LogP contribution in [-0.4, -0.2) is 36.9 Å². The van der Waals surface area contributed by atoms with Gasteiger partial charge >= 0.3 is 5.97 Å². The molecule has 0 radical (unpaired) electrons. The number of anilines is 1. The second-order valence-electron chi connectivity index (χ2n) is 9.99. The van der Waals surface area contributed by atoms with Gasteiger partial charge in [0.15, 0.2) is 0 Å². The Morgan fingerprint density at radius 2 is 1.55 bits per heavy atom. The van der Waals surface area contributed by atoms with E-state index < -0.39 is 52.1 Å². The molecule has 4 atom stereocenters. The number of allylic oxidation sites excluding steroid dienone is 1. The molecule has 0 N–H and O–H groups in total. The maximum atomic E-state index is 14.1. The lowest BCUT2D eigenvalue weighted by Gasteiger charge is -2.38. The predicted molar refractivity (Wildman–Crippen MR) is 143 cm³/mol. The number of nitrogens with zero attached hydrogens (tertiary/aromatic N) is 2. The van der Waals surface area contributed by atoms with Gasteiger partial charge in [0, 0.05) is 11.5 Å². The summed E-state index contributed by atoms with van der Waals surface area (Å²) in [5, 5.41) is 12.0. The zero-order valence-corrected chi connectivity index (χ0v) is 21.8. The zero-order valence-electron chi connectivity index (χ0n) is 21.8. The number of amides is 2. The van der Waals surface area contributed by atoms with Crippen molar-refractivity contribution in [2.45, 2.75) is 12.8 Å². The van der Waals surface area contributed by atoms with Crippen molar-refractivity contribution in [2.75, 3.05) is 19.1 Å². The number of ether oxygens (including phenoxy) is 3. The molecule has 2 aliphatic heterocycles. The molecule has 6 rings (SSSR count). The van der Waals surface area contributed by atoms with Crippen LogP contribution in [-0.2, 0) is 14.4 Å². The Bertz CT molecular complexity index is 1630. The van der Waals surface area contributed by atoms with E-state index in [1.165, 1.54) is 19.2 Å². The maximum Gasteiger partial charge on any atom is 0.319 e. The summed E-state index contributed by atoms with van der Waals surface area (Å²) in [6.45, 7) is 1.88. The van der Waals surface area contributed by atoms with Gasteiger partial charge in [-0.05, 0) is 54.0 Å². The van der Waals surface area contributed by atoms with E-state index in [4.69, 9.17) is 14.2 Å². The number of rotatable bonds is 5. The summed E-state index contributed by atoms with van der Waals surface area (Å²) in [6.07, 6.45) is 1.86. The third kappa shape index (κ3) is 3.75. The number of carbonyl (C=O) groups is 3. The fraction of sp³-hybridized carbons (Fsp3) is 0.233. The molecule has 202 valence electrons. The number of esters is 1. The highest BCUT2D eigenvalue weighted by atomic mass is 16.6. The first-order chi connectivity index (χ1) is 19.2. The van der Waals surface area contributed by atoms with Gasteiger partial charge in [-0.1, -0.05) is 30.3 Å². The first kappa shape index (κ1) is 25.3. The number of fused-ring (bicyclic) bond motifs is 5. The molecule has 3 aliphatic rings. The van der Waals surface area contributed by atoms with Gasteiger partial charge in [0.05, 0.1) is 43.0 Å². The Kier molecular flexibility index (Phi) is 5.90. The third-order valence-electron chi connectivity index (χ3n) is 7.87. The van der Waals surface area contributed by atoms with Crippen LogP contribution >= 0.6 is 0 Å². The Labute approximate surface area is 228 Å². The molecule has 40 heavy (non-hydrogen) atoms. The van der Waals surface area contributed by atoms with E-state index in [1.807, 2.05) is 37.3 Å². The number of hydrogen-bond acceptors (Lipinski definition) is 8. The van der Waals surface area contributed by atoms with Crippen LogP contribution in [0, 0.1) is 34.8 Å². The Hall–Kier alpha value is -4.99. The van der Waals surface area contributed by atoms with Crippen molar-refractivity contribution < 1.29 is 33.5 Å². The van der Waals surface area contributed by atoms with E-state index in [0.717, 1.165) is 22.1 Å². The lowest BCUT2D eigenvalue weighted by Crippen LogP contribution is -2.42. The van der Waals surface area contributed by atoms with Crippen LogP contribution in [0.1, 0.15) is 22.6 Å². The number of aryl methyl sites for hydroxylation is 1. The first-order valence-corrected chi connectivity index (χ1v) is 12.6. The number of imide groups is 1. The van der Waals surface area contributed by atoms with Crippen molar-refractivity contribution in [3.63, 3.8) is 0 Å². The lowest BCUT2D eigenvalue weighted by atomic mass is 9.64. The van der Waals surface area contributed by atoms with E-state index in [2.05, 4.69) is 0 Å². The number of carbonyl (C=O) groups excluding carboxylic acids is 3. The summed E-state index contributed by atoms with van der Waals surface area (Å²) in [5.41, 5.74) is 2.27. The molecule has 0 spiro atoms. The molecule has 3 aromatic carbocycles. The highest BCUT2D eigenvalue weighted by molar-refractivity contribution is 6.25. The number of benzene rings is 3. The van der Waals surface area contributed by atoms with Crippen LogP contribution in [0.3, 0.4) is 0 Å². The average molecular weight is 541 g/mol. The number of hydrogen-bond donors (Lipinski definition) is 0. The molecule has 0 bridgehead atoms. The minimum Gasteiger partial charge on any atom is -0.497 e. The second kappa shape index (κ2) is 9.33. The van der Waals surface area contributed by atoms with Crippen LogP contribution in [0.2, 0.25) is 0 Å². The molecular formula is C30H24N2O8. The Morgan fingerprint density at radius 3 is 2.23 bits per heavy atom. The fourth-order valence-electron chi connectivity index (χ4n) is 6.02. The van der Waals surface area contributed by atoms with E-state index in [9.17, 15) is 24.5 Å². The summed E-state index contributed by atoms with van der Waals surface area (Å²) in [6, 6.07) is 16.6. The third-order valence-corrected chi connectivity index (χ3v) is 7.87. The molecule has 1 aliphatic carbocycles. The summed E-state index contributed by atoms with van der Waals surface area (Å²) in [5.74, 6) is -4.50. The van der Waals surface area contributed by atoms with Gasteiger partial charge in [0.1, 0.15) is 22.9 Å². The van der Waals surface area contributed by atoms with Crippen molar-refractivity contribution in [1.82, 2.24) is 0 Å². The van der Waals surface area contributed by atoms with Gasteiger partial charge < -0.3 is 14.2 Å². The van der Waals surface area contributed by atoms with Crippen LogP contribution in [0.15, 0.2) is 66.7 Å². The van der Waals surface area contributed by atoms with Crippen LogP contribution < -0.4 is 19.1 Å². The SMILES string of the molecule is COc1ccc([C@@H]2C=C3c4ccc(C)cc4OC(=O)[C@@H]3[C@@H]3C(=O)N(c4ccc(OC)cc4[N+](=O)[O-])C(=O)[C@H]32)cc1. The van der Waals surface area contributed by atoms with Crippen molar-refractivity contribution >= 4 is 34.7 Å². The summed E-state index contributed by atoms with van der Waals surface area (Å²) >= 11 is 0. The molecule has 1 fully saturated rings. The molecule has 10 heteroatoms. The quantitative estimate of drug-likeness (QED) is 0.153. The molecular weight excluding hydrogens is 516 g/mol. The summed E-state index contributed by atoms with van der Waals surface area (Å²) in [7, 11) is 2.91. The van der Waals surface area contributed by atoms with Crippen molar-refractivity contribution in [3.05, 3.63) is 93.5 Å². The average Bonchev–Trinajstić information content (AvgIpc) is 3.21. The van der Waals surface area contributed by atoms with Crippen molar-refractivity contribution in [1.29, 1.82) is 0 Å². The smallest absolute Gasteiger partial charge is 0.319 e. The van der Waals surface area contributed by atoms with Gasteiger partial charge in [0.2, 0.25) is 11.8 Å². The van der Waals surface area contributed by atoms with E-state index in [1.54, 1.807) is 25.3 Å². The predicted octanol–water partition coefficient (Wildman–Crippen LogP) is 4.44. The van der Waals surface area contributed by atoms with Gasteiger partial charge in [-0.3, -0.25) is 24.5 Å². The number of nitro groups is 1. The van der Waals surface area contributed by atoms with E-state index in [-0.39, 0.29) is 11.4 Å². The van der Waals surface area contributed by atoms with Gasteiger partial charge in [-0.25, -0.2) is 4.90 Å². The second-order valence-corrected chi connectivity index (χ2v) is 9.99. The Morgan fingerprint density at radius 1 is 0.875 bits per heavy atom. The van der Waals surface area contributed by atoms with Gasteiger partial charge in [-0.15, -0.1) is 0 Å². The molecule has 0 unspecified atom stereocenters. The first-order valence-electron chi connectivity index (χ1n) is 12.6. The number of methoxy groups -OCH3 is 2. The lowest BCUT2D eigenvalue weighted by molar-refractivity contribution is -0.384. The normalized spacial score (nSPS) is 23.0. The molecule has 2 heterocycles. The zero-order chi connectivity index (χ0) is 28.3. The van der Waals surface area contributed by atoms with Crippen LogP contribution in [0.25, 0.3) is 5.57 Å². The van der Waals surface area contributed by atoms with E-state index in [0.29, 0.717) is 22.6 Å². The van der Waals surface area contributed by atoms with Gasteiger partial charge in [0.25, 0.3) is 5.69 Å². The molecule has 1 saturated heterocycles. The van der Waals surface area contributed by atoms with Gasteiger partial charge in [-0.2, -0.15) is 0 Å². The topological polar surface area (TPSA) is 125 Å². The summed E-state index contributed by atoms with van der Waals surface area (Å²) in [4.78, 5) is 53.8. The fourth-order valence-corrected chi connectivity index (χ4v) is 6.02. The highest BCUT2D eigenvalue weighted by Gasteiger charge is 2.61. The van der Waals surface area contributed by atoms with Crippen LogP contribution in [0.4, 0.5) is 11.4 Å². The monoisotopic (exact) mass is 540 g/mol. The largest absolute Gasteiger partial charge is 0.497 e. The molecule has 0 aromatic heterocycles. The number of nitro benzene ring substituents is 1. The molecule has 3 aromatic rings. The molecule has 0 saturated carbocycles. The summed E-state index contributed by atoms with van der Waals surface area (Å²) < 4.78 is 16.1. The van der Waals surface area contributed by atoms with Crippen LogP contribution in [0.5, 0.6) is 17.2 Å². The maximum absolute atomic E-state index is 14.1. The van der Waals surface area contributed by atoms with E-state index >= 15 is 0 Å². The Balaban J connectivity index is 1.54.